The second kappa shape index (κ2) is 5.12. The minimum Gasteiger partial charge on any atom is -0.438 e. The van der Waals surface area contributed by atoms with E-state index in [9.17, 15) is 0 Å². The van der Waals surface area contributed by atoms with Crippen LogP contribution in [0, 0.1) is 13.8 Å². The summed E-state index contributed by atoms with van der Waals surface area (Å²) in [6, 6.07) is 6.21. The number of aryl methyl sites for hydroxylation is 1. The molecule has 2 rings (SSSR count). The molecule has 0 saturated carbocycles. The van der Waals surface area contributed by atoms with Crippen LogP contribution in [0.5, 0.6) is 11.6 Å². The SMILES string of the molecule is Cc1cc(C(C)(C)C)ccc1Oc1ncnc(N)c1C. The van der Waals surface area contributed by atoms with Gasteiger partial charge in [0.15, 0.2) is 0 Å². The molecule has 0 unspecified atom stereocenters. The van der Waals surface area contributed by atoms with Crippen molar-refractivity contribution in [3.05, 3.63) is 41.2 Å². The zero-order valence-electron chi connectivity index (χ0n) is 12.7. The highest BCUT2D eigenvalue weighted by molar-refractivity contribution is 5.46. The molecule has 0 amide bonds. The van der Waals surface area contributed by atoms with Gasteiger partial charge in [-0.15, -0.1) is 0 Å². The molecule has 1 aromatic carbocycles. The first-order valence-corrected chi connectivity index (χ1v) is 6.65. The molecule has 0 saturated heterocycles. The van der Waals surface area contributed by atoms with Crippen LogP contribution in [-0.4, -0.2) is 9.97 Å². The van der Waals surface area contributed by atoms with Crippen molar-refractivity contribution in [1.82, 2.24) is 9.97 Å². The number of rotatable bonds is 2. The molecule has 0 aliphatic heterocycles. The van der Waals surface area contributed by atoms with Crippen molar-refractivity contribution < 1.29 is 4.74 Å². The molecule has 0 atom stereocenters. The second-order valence-electron chi connectivity index (χ2n) is 6.02. The Bertz CT molecular complexity index is 630. The van der Waals surface area contributed by atoms with Crippen molar-refractivity contribution in [2.45, 2.75) is 40.0 Å². The number of nitrogens with zero attached hydrogens (tertiary/aromatic N) is 2. The minimum absolute atomic E-state index is 0.124. The molecule has 4 heteroatoms. The summed E-state index contributed by atoms with van der Waals surface area (Å²) < 4.78 is 5.86. The van der Waals surface area contributed by atoms with Crippen LogP contribution in [0.3, 0.4) is 0 Å². The first-order valence-electron chi connectivity index (χ1n) is 6.65. The van der Waals surface area contributed by atoms with E-state index in [4.69, 9.17) is 10.5 Å². The molecular weight excluding hydrogens is 250 g/mol. The number of nitrogens with two attached hydrogens (primary N) is 1. The monoisotopic (exact) mass is 271 g/mol. The maximum Gasteiger partial charge on any atom is 0.227 e. The van der Waals surface area contributed by atoms with Crippen LogP contribution in [0.25, 0.3) is 0 Å². The summed E-state index contributed by atoms with van der Waals surface area (Å²) in [6.07, 6.45) is 1.41. The molecule has 1 heterocycles. The van der Waals surface area contributed by atoms with E-state index < -0.39 is 0 Å². The maximum atomic E-state index is 5.86. The second-order valence-corrected chi connectivity index (χ2v) is 6.02. The van der Waals surface area contributed by atoms with Gasteiger partial charge in [-0.25, -0.2) is 9.97 Å². The molecule has 0 bridgehead atoms. The van der Waals surface area contributed by atoms with Gasteiger partial charge in [-0.1, -0.05) is 32.9 Å². The summed E-state index contributed by atoms with van der Waals surface area (Å²) in [5.41, 5.74) is 9.00. The Morgan fingerprint density at radius 2 is 1.80 bits per heavy atom. The lowest BCUT2D eigenvalue weighted by atomic mass is 9.86. The topological polar surface area (TPSA) is 61.0 Å². The van der Waals surface area contributed by atoms with Crippen molar-refractivity contribution in [2.24, 2.45) is 0 Å². The van der Waals surface area contributed by atoms with E-state index in [-0.39, 0.29) is 5.41 Å². The lowest BCUT2D eigenvalue weighted by molar-refractivity contribution is 0.453. The zero-order valence-corrected chi connectivity index (χ0v) is 12.7. The van der Waals surface area contributed by atoms with Gasteiger partial charge in [0.25, 0.3) is 0 Å². The maximum absolute atomic E-state index is 5.86. The standard InChI is InChI=1S/C16H21N3O/c1-10-8-12(16(3,4)5)6-7-13(10)20-15-11(2)14(17)18-9-19-15/h6-9H,1-5H3,(H2,17,18,19). The molecule has 0 spiro atoms. The number of anilines is 1. The van der Waals surface area contributed by atoms with Crippen molar-refractivity contribution >= 4 is 5.82 Å². The fraction of sp³-hybridized carbons (Fsp3) is 0.375. The van der Waals surface area contributed by atoms with Gasteiger partial charge in [-0.3, -0.25) is 0 Å². The fourth-order valence-corrected chi connectivity index (χ4v) is 1.88. The highest BCUT2D eigenvalue weighted by Crippen LogP contribution is 2.31. The fourth-order valence-electron chi connectivity index (χ4n) is 1.88. The van der Waals surface area contributed by atoms with Crippen LogP contribution in [0.1, 0.15) is 37.5 Å². The summed E-state index contributed by atoms with van der Waals surface area (Å²) in [4.78, 5) is 8.07. The number of nitrogen functional groups attached to an aromatic ring is 1. The van der Waals surface area contributed by atoms with E-state index in [2.05, 4.69) is 42.9 Å². The highest BCUT2D eigenvalue weighted by atomic mass is 16.5. The number of hydrogen-bond donors (Lipinski definition) is 1. The van der Waals surface area contributed by atoms with Crippen LogP contribution in [-0.2, 0) is 5.41 Å². The molecule has 20 heavy (non-hydrogen) atoms. The van der Waals surface area contributed by atoms with Gasteiger partial charge in [-0.2, -0.15) is 0 Å². The molecule has 2 N–H and O–H groups in total. The summed E-state index contributed by atoms with van der Waals surface area (Å²) >= 11 is 0. The molecule has 106 valence electrons. The van der Waals surface area contributed by atoms with Crippen molar-refractivity contribution in [3.8, 4) is 11.6 Å². The van der Waals surface area contributed by atoms with Gasteiger partial charge in [0.2, 0.25) is 5.88 Å². The molecule has 0 fully saturated rings. The van der Waals surface area contributed by atoms with Gasteiger partial charge in [0.05, 0.1) is 5.56 Å². The van der Waals surface area contributed by atoms with E-state index in [0.717, 1.165) is 16.9 Å². The molecular formula is C16H21N3O. The smallest absolute Gasteiger partial charge is 0.227 e. The average Bonchev–Trinajstić information content (AvgIpc) is 2.36. The van der Waals surface area contributed by atoms with E-state index in [1.54, 1.807) is 0 Å². The highest BCUT2D eigenvalue weighted by Gasteiger charge is 2.15. The number of aromatic nitrogens is 2. The van der Waals surface area contributed by atoms with Gasteiger partial charge in [0, 0.05) is 0 Å². The van der Waals surface area contributed by atoms with E-state index >= 15 is 0 Å². The minimum atomic E-state index is 0.124. The lowest BCUT2D eigenvalue weighted by Crippen LogP contribution is -2.11. The molecule has 4 nitrogen and oxygen atoms in total. The van der Waals surface area contributed by atoms with Crippen molar-refractivity contribution in [3.63, 3.8) is 0 Å². The summed E-state index contributed by atoms with van der Waals surface area (Å²) in [5, 5.41) is 0. The zero-order chi connectivity index (χ0) is 14.9. The Kier molecular flexibility index (Phi) is 3.66. The van der Waals surface area contributed by atoms with Gasteiger partial charge < -0.3 is 10.5 Å². The lowest BCUT2D eigenvalue weighted by Gasteiger charge is -2.20. The normalized spacial score (nSPS) is 11.4. The number of hydrogen-bond acceptors (Lipinski definition) is 4. The first kappa shape index (κ1) is 14.3. The predicted octanol–water partition coefficient (Wildman–Crippen LogP) is 3.77. The predicted molar refractivity (Wildman–Crippen MR) is 81.1 cm³/mol. The van der Waals surface area contributed by atoms with Gasteiger partial charge in [-0.05, 0) is 36.5 Å². The van der Waals surface area contributed by atoms with Crippen LogP contribution >= 0.6 is 0 Å². The first-order chi connectivity index (χ1) is 9.29. The molecule has 2 aromatic rings. The average molecular weight is 271 g/mol. The van der Waals surface area contributed by atoms with Crippen LogP contribution in [0.4, 0.5) is 5.82 Å². The third-order valence-electron chi connectivity index (χ3n) is 3.32. The molecule has 0 aliphatic rings. The molecule has 1 aromatic heterocycles. The van der Waals surface area contributed by atoms with Crippen molar-refractivity contribution in [1.29, 1.82) is 0 Å². The van der Waals surface area contributed by atoms with Crippen LogP contribution in [0.15, 0.2) is 24.5 Å². The number of ether oxygens (including phenoxy) is 1. The summed E-state index contributed by atoms with van der Waals surface area (Å²) in [5.74, 6) is 1.74. The molecule has 0 radical (unpaired) electrons. The number of benzene rings is 1. The quantitative estimate of drug-likeness (QED) is 0.903. The Labute approximate surface area is 120 Å². The van der Waals surface area contributed by atoms with Crippen molar-refractivity contribution in [2.75, 3.05) is 5.73 Å². The molecule has 0 aliphatic carbocycles. The largest absolute Gasteiger partial charge is 0.438 e. The Balaban J connectivity index is 2.33. The Morgan fingerprint density at radius 1 is 1.10 bits per heavy atom. The summed E-state index contributed by atoms with van der Waals surface area (Å²) in [7, 11) is 0. The van der Waals surface area contributed by atoms with E-state index in [1.165, 1.54) is 11.9 Å². The third kappa shape index (κ3) is 2.90. The Morgan fingerprint density at radius 3 is 2.40 bits per heavy atom. The third-order valence-corrected chi connectivity index (χ3v) is 3.32. The van der Waals surface area contributed by atoms with Crippen LogP contribution in [0.2, 0.25) is 0 Å². The Hall–Kier alpha value is -2.10. The summed E-state index contributed by atoms with van der Waals surface area (Å²) in [6.45, 7) is 10.5. The van der Waals surface area contributed by atoms with E-state index in [1.807, 2.05) is 19.9 Å². The van der Waals surface area contributed by atoms with Crippen LogP contribution < -0.4 is 10.5 Å². The van der Waals surface area contributed by atoms with Gasteiger partial charge >= 0.3 is 0 Å². The van der Waals surface area contributed by atoms with E-state index in [0.29, 0.717) is 11.7 Å². The van der Waals surface area contributed by atoms with Gasteiger partial charge in [0.1, 0.15) is 17.9 Å².